The Hall–Kier alpha value is -0.570. The van der Waals surface area contributed by atoms with E-state index in [9.17, 15) is 4.79 Å². The van der Waals surface area contributed by atoms with Crippen LogP contribution < -0.4 is 0 Å². The lowest BCUT2D eigenvalue weighted by molar-refractivity contribution is -0.135. The summed E-state index contributed by atoms with van der Waals surface area (Å²) < 4.78 is 0. The van der Waals surface area contributed by atoms with Gasteiger partial charge in [-0.1, -0.05) is 40.5 Å². The van der Waals surface area contributed by atoms with Crippen molar-refractivity contribution in [2.45, 2.75) is 66.2 Å². The maximum atomic E-state index is 12.7. The third-order valence-electron chi connectivity index (χ3n) is 6.22. The third-order valence-corrected chi connectivity index (χ3v) is 6.22. The zero-order chi connectivity index (χ0) is 16.8. The average Bonchev–Trinajstić information content (AvgIpc) is 3.10. The van der Waals surface area contributed by atoms with Crippen LogP contribution in [-0.4, -0.2) is 48.4 Å². The molecule has 0 aromatic heterocycles. The molecule has 3 nitrogen and oxygen atoms in total. The number of carbonyl (C=O) groups is 1. The fourth-order valence-corrected chi connectivity index (χ4v) is 4.43. The summed E-state index contributed by atoms with van der Waals surface area (Å²) in [4.78, 5) is 17.5. The van der Waals surface area contributed by atoms with Gasteiger partial charge in [0.05, 0.1) is 0 Å². The Morgan fingerprint density at radius 1 is 1.00 bits per heavy atom. The van der Waals surface area contributed by atoms with Crippen LogP contribution in [0.4, 0.5) is 0 Å². The van der Waals surface area contributed by atoms with Crippen LogP contribution in [0.2, 0.25) is 0 Å². The maximum absolute atomic E-state index is 12.7. The van der Waals surface area contributed by atoms with Gasteiger partial charge < -0.3 is 9.80 Å². The Balaban J connectivity index is 1.73. The van der Waals surface area contributed by atoms with Crippen molar-refractivity contribution in [1.82, 2.24) is 9.80 Å². The smallest absolute Gasteiger partial charge is 0.225 e. The van der Waals surface area contributed by atoms with E-state index in [1.54, 1.807) is 0 Å². The lowest BCUT2D eigenvalue weighted by Gasteiger charge is -2.25. The van der Waals surface area contributed by atoms with Gasteiger partial charge in [0, 0.05) is 32.1 Å². The number of hydrogen-bond donors (Lipinski definition) is 0. The Kier molecular flexibility index (Phi) is 7.39. The van der Waals surface area contributed by atoms with Gasteiger partial charge in [-0.2, -0.15) is 0 Å². The molecule has 134 valence electrons. The Labute approximate surface area is 143 Å². The molecule has 2 aliphatic rings. The topological polar surface area (TPSA) is 23.6 Å². The van der Waals surface area contributed by atoms with E-state index in [1.165, 1.54) is 38.9 Å². The summed E-state index contributed by atoms with van der Waals surface area (Å²) in [6.07, 6.45) is 7.18. The van der Waals surface area contributed by atoms with Crippen LogP contribution in [0.3, 0.4) is 0 Å². The molecule has 0 radical (unpaired) electrons. The predicted octanol–water partition coefficient (Wildman–Crippen LogP) is 4.03. The molecule has 0 bridgehead atoms. The molecular formula is C20H38N2O. The van der Waals surface area contributed by atoms with Crippen molar-refractivity contribution in [3.8, 4) is 0 Å². The van der Waals surface area contributed by atoms with Crippen LogP contribution in [0.15, 0.2) is 0 Å². The maximum Gasteiger partial charge on any atom is 0.225 e. The molecule has 0 N–H and O–H groups in total. The molecule has 0 saturated carbocycles. The second-order valence-corrected chi connectivity index (χ2v) is 8.07. The Bertz CT molecular complexity index is 357. The Morgan fingerprint density at radius 3 is 2.17 bits per heavy atom. The van der Waals surface area contributed by atoms with Gasteiger partial charge >= 0.3 is 0 Å². The van der Waals surface area contributed by atoms with Crippen LogP contribution >= 0.6 is 0 Å². The van der Waals surface area contributed by atoms with Crippen molar-refractivity contribution >= 4 is 5.91 Å². The molecule has 2 aliphatic heterocycles. The molecule has 2 saturated heterocycles. The quantitative estimate of drug-likeness (QED) is 0.640. The minimum Gasteiger partial charge on any atom is -0.342 e. The average molecular weight is 323 g/mol. The summed E-state index contributed by atoms with van der Waals surface area (Å²) in [5.41, 5.74) is 0. The van der Waals surface area contributed by atoms with E-state index in [4.69, 9.17) is 0 Å². The first-order valence-electron chi connectivity index (χ1n) is 10.1. The number of likely N-dealkylation sites (tertiary alicyclic amines) is 2. The highest BCUT2D eigenvalue weighted by atomic mass is 16.2. The molecule has 0 aliphatic carbocycles. The zero-order valence-electron chi connectivity index (χ0n) is 15.9. The zero-order valence-corrected chi connectivity index (χ0v) is 15.9. The van der Waals surface area contributed by atoms with Crippen LogP contribution in [0, 0.1) is 23.7 Å². The van der Waals surface area contributed by atoms with Crippen molar-refractivity contribution in [3.05, 3.63) is 0 Å². The highest BCUT2D eigenvalue weighted by molar-refractivity contribution is 5.79. The molecule has 4 atom stereocenters. The molecule has 2 fully saturated rings. The van der Waals surface area contributed by atoms with Gasteiger partial charge in [-0.25, -0.2) is 0 Å². The highest BCUT2D eigenvalue weighted by Gasteiger charge is 2.42. The molecule has 3 heteroatoms. The van der Waals surface area contributed by atoms with Gasteiger partial charge in [0.1, 0.15) is 0 Å². The molecule has 4 unspecified atom stereocenters. The molecule has 0 aromatic carbocycles. The second-order valence-electron chi connectivity index (χ2n) is 8.07. The second kappa shape index (κ2) is 9.05. The summed E-state index contributed by atoms with van der Waals surface area (Å²) in [5.74, 6) is 3.05. The van der Waals surface area contributed by atoms with Crippen LogP contribution in [0.5, 0.6) is 0 Å². The monoisotopic (exact) mass is 322 g/mol. The standard InChI is InChI=1S/C20H38N2O/c1-5-9-17(7-3)20(23)22-14-18-12-21(13-19(18)15-22)11-8-10-16(4)6-2/h16-19H,5-15H2,1-4H3. The van der Waals surface area contributed by atoms with Gasteiger partial charge in [0.2, 0.25) is 5.91 Å². The number of carbonyl (C=O) groups excluding carboxylic acids is 1. The molecule has 0 aromatic rings. The first-order valence-corrected chi connectivity index (χ1v) is 10.1. The third kappa shape index (κ3) is 4.95. The van der Waals surface area contributed by atoms with Gasteiger partial charge in [0.15, 0.2) is 0 Å². The van der Waals surface area contributed by atoms with Crippen molar-refractivity contribution < 1.29 is 4.79 Å². The summed E-state index contributed by atoms with van der Waals surface area (Å²) >= 11 is 0. The minimum absolute atomic E-state index is 0.269. The SMILES string of the molecule is CCCC(CC)C(=O)N1CC2CN(CCCC(C)CC)CC2C1. The molecule has 2 heterocycles. The van der Waals surface area contributed by atoms with Gasteiger partial charge in [-0.15, -0.1) is 0 Å². The fourth-order valence-electron chi connectivity index (χ4n) is 4.43. The van der Waals surface area contributed by atoms with Gasteiger partial charge in [-0.05, 0) is 50.0 Å². The normalized spacial score (nSPS) is 27.2. The van der Waals surface area contributed by atoms with Crippen LogP contribution in [-0.2, 0) is 4.79 Å². The Morgan fingerprint density at radius 2 is 1.65 bits per heavy atom. The first kappa shape index (κ1) is 18.8. The largest absolute Gasteiger partial charge is 0.342 e. The summed E-state index contributed by atoms with van der Waals surface area (Å²) in [6.45, 7) is 14.7. The van der Waals surface area contributed by atoms with E-state index in [0.29, 0.717) is 5.91 Å². The summed E-state index contributed by atoms with van der Waals surface area (Å²) in [5, 5.41) is 0. The van der Waals surface area contributed by atoms with E-state index < -0.39 is 0 Å². The number of nitrogens with zero attached hydrogens (tertiary/aromatic N) is 2. The van der Waals surface area contributed by atoms with Crippen LogP contribution in [0.1, 0.15) is 66.2 Å². The molecular weight excluding hydrogens is 284 g/mol. The number of hydrogen-bond acceptors (Lipinski definition) is 2. The van der Waals surface area contributed by atoms with Crippen molar-refractivity contribution in [3.63, 3.8) is 0 Å². The lowest BCUT2D eigenvalue weighted by atomic mass is 9.99. The fraction of sp³-hybridized carbons (Fsp3) is 0.950. The van der Waals surface area contributed by atoms with E-state index >= 15 is 0 Å². The molecule has 0 spiro atoms. The molecule has 1 amide bonds. The highest BCUT2D eigenvalue weighted by Crippen LogP contribution is 2.32. The van der Waals surface area contributed by atoms with Crippen LogP contribution in [0.25, 0.3) is 0 Å². The number of fused-ring (bicyclic) bond motifs is 1. The number of amides is 1. The van der Waals surface area contributed by atoms with Crippen molar-refractivity contribution in [1.29, 1.82) is 0 Å². The number of rotatable bonds is 9. The van der Waals surface area contributed by atoms with E-state index in [2.05, 4.69) is 37.5 Å². The van der Waals surface area contributed by atoms with E-state index in [-0.39, 0.29) is 5.92 Å². The van der Waals surface area contributed by atoms with Gasteiger partial charge in [-0.3, -0.25) is 4.79 Å². The van der Waals surface area contributed by atoms with E-state index in [0.717, 1.165) is 50.1 Å². The van der Waals surface area contributed by atoms with Crippen molar-refractivity contribution in [2.24, 2.45) is 23.7 Å². The van der Waals surface area contributed by atoms with E-state index in [1.807, 2.05) is 0 Å². The summed E-state index contributed by atoms with van der Waals surface area (Å²) in [6, 6.07) is 0. The first-order chi connectivity index (χ1) is 11.1. The lowest BCUT2D eigenvalue weighted by Crippen LogP contribution is -2.37. The molecule has 2 rings (SSSR count). The summed E-state index contributed by atoms with van der Waals surface area (Å²) in [7, 11) is 0. The minimum atomic E-state index is 0.269. The van der Waals surface area contributed by atoms with Crippen molar-refractivity contribution in [2.75, 3.05) is 32.7 Å². The van der Waals surface area contributed by atoms with Gasteiger partial charge in [0.25, 0.3) is 0 Å². The molecule has 23 heavy (non-hydrogen) atoms. The predicted molar refractivity (Wildman–Crippen MR) is 97.4 cm³/mol.